The average molecular weight is 285 g/mol. The number of para-hydroxylation sites is 1. The van der Waals surface area contributed by atoms with Crippen molar-refractivity contribution in [1.82, 2.24) is 5.43 Å². The third-order valence-electron chi connectivity index (χ3n) is 2.67. The molecule has 0 saturated carbocycles. The second-order valence-corrected chi connectivity index (χ2v) is 4.35. The van der Waals surface area contributed by atoms with Crippen molar-refractivity contribution in [1.29, 1.82) is 0 Å². The van der Waals surface area contributed by atoms with Gasteiger partial charge in [0.25, 0.3) is 5.91 Å². The summed E-state index contributed by atoms with van der Waals surface area (Å²) in [6.45, 7) is 1.43. The molecule has 0 bridgehead atoms. The van der Waals surface area contributed by atoms with Gasteiger partial charge in [-0.05, 0) is 36.4 Å². The molecule has 0 radical (unpaired) electrons. The normalized spacial score (nSPS) is 9.76. The Balaban J connectivity index is 1.95. The quantitative estimate of drug-likeness (QED) is 0.648. The summed E-state index contributed by atoms with van der Waals surface area (Å²) in [4.78, 5) is 22.8. The molecule has 108 valence electrons. The lowest BCUT2D eigenvalue weighted by atomic mass is 10.2. The third kappa shape index (κ3) is 3.97. The molecule has 2 aromatic carbocycles. The summed E-state index contributed by atoms with van der Waals surface area (Å²) in [5, 5.41) is 12.2. The molecule has 0 heterocycles. The number of carbonyl (C=O) groups excluding carboxylic acids is 2. The fourth-order valence-electron chi connectivity index (χ4n) is 1.70. The van der Waals surface area contributed by atoms with Gasteiger partial charge in [-0.25, -0.2) is 0 Å². The van der Waals surface area contributed by atoms with Gasteiger partial charge in [-0.2, -0.15) is 0 Å². The summed E-state index contributed by atoms with van der Waals surface area (Å²) < 4.78 is 0. The molecule has 0 fully saturated rings. The van der Waals surface area contributed by atoms with E-state index in [1.54, 1.807) is 36.4 Å². The number of hydrogen-bond donors (Lipinski definition) is 4. The predicted octanol–water partition coefficient (Wildman–Crippen LogP) is 2.11. The van der Waals surface area contributed by atoms with Crippen molar-refractivity contribution in [3.63, 3.8) is 0 Å². The fraction of sp³-hybridized carbons (Fsp3) is 0.0667. The van der Waals surface area contributed by atoms with Crippen LogP contribution in [0.4, 0.5) is 11.4 Å². The number of amides is 2. The molecule has 2 rings (SSSR count). The summed E-state index contributed by atoms with van der Waals surface area (Å²) in [5.41, 5.74) is 6.70. The molecule has 0 atom stereocenters. The Hall–Kier alpha value is -3.02. The summed E-state index contributed by atoms with van der Waals surface area (Å²) in [7, 11) is 0. The Morgan fingerprint density at radius 3 is 2.19 bits per heavy atom. The van der Waals surface area contributed by atoms with Gasteiger partial charge in [0.05, 0.1) is 11.3 Å². The number of hydrazine groups is 1. The number of hydrogen-bond acceptors (Lipinski definition) is 4. The molecule has 0 aliphatic carbocycles. The van der Waals surface area contributed by atoms with Gasteiger partial charge in [0.15, 0.2) is 0 Å². The lowest BCUT2D eigenvalue weighted by Crippen LogP contribution is -2.29. The smallest absolute Gasteiger partial charge is 0.273 e. The largest absolute Gasteiger partial charge is 0.507 e. The molecule has 6 heteroatoms. The molecule has 4 N–H and O–H groups in total. The van der Waals surface area contributed by atoms with Crippen molar-refractivity contribution in [2.45, 2.75) is 6.92 Å². The lowest BCUT2D eigenvalue weighted by molar-refractivity contribution is -0.114. The van der Waals surface area contributed by atoms with E-state index in [9.17, 15) is 14.7 Å². The topological polar surface area (TPSA) is 90.5 Å². The van der Waals surface area contributed by atoms with Crippen LogP contribution in [0.2, 0.25) is 0 Å². The van der Waals surface area contributed by atoms with Crippen LogP contribution in [-0.2, 0) is 4.79 Å². The van der Waals surface area contributed by atoms with E-state index in [-0.39, 0.29) is 17.2 Å². The molecule has 0 saturated heterocycles. The Bertz CT molecular complexity index is 653. The van der Waals surface area contributed by atoms with Crippen LogP contribution in [0.25, 0.3) is 0 Å². The van der Waals surface area contributed by atoms with Crippen molar-refractivity contribution < 1.29 is 14.7 Å². The average Bonchev–Trinajstić information content (AvgIpc) is 2.46. The Morgan fingerprint density at radius 1 is 0.952 bits per heavy atom. The van der Waals surface area contributed by atoms with E-state index < -0.39 is 5.91 Å². The van der Waals surface area contributed by atoms with Gasteiger partial charge in [0.2, 0.25) is 5.91 Å². The van der Waals surface area contributed by atoms with Crippen LogP contribution in [0.5, 0.6) is 5.75 Å². The van der Waals surface area contributed by atoms with Crippen molar-refractivity contribution in [3.05, 3.63) is 54.1 Å². The van der Waals surface area contributed by atoms with E-state index in [1.165, 1.54) is 19.1 Å². The Kier molecular flexibility index (Phi) is 4.40. The SMILES string of the molecule is CC(=O)Nc1ccc(NNC(=O)c2ccccc2O)cc1. The molecule has 0 aliphatic rings. The van der Waals surface area contributed by atoms with E-state index in [4.69, 9.17) is 0 Å². The molecular weight excluding hydrogens is 270 g/mol. The van der Waals surface area contributed by atoms with Crippen LogP contribution in [0.15, 0.2) is 48.5 Å². The maximum Gasteiger partial charge on any atom is 0.273 e. The first kappa shape index (κ1) is 14.4. The van der Waals surface area contributed by atoms with Crippen LogP contribution < -0.4 is 16.2 Å². The second kappa shape index (κ2) is 6.42. The van der Waals surface area contributed by atoms with Crippen LogP contribution >= 0.6 is 0 Å². The highest BCUT2D eigenvalue weighted by Gasteiger charge is 2.09. The van der Waals surface area contributed by atoms with E-state index in [0.717, 1.165) is 0 Å². The number of rotatable bonds is 4. The van der Waals surface area contributed by atoms with Gasteiger partial charge in [0, 0.05) is 12.6 Å². The monoisotopic (exact) mass is 285 g/mol. The predicted molar refractivity (Wildman–Crippen MR) is 79.9 cm³/mol. The van der Waals surface area contributed by atoms with Crippen molar-refractivity contribution >= 4 is 23.2 Å². The summed E-state index contributed by atoms with van der Waals surface area (Å²) in [6, 6.07) is 13.1. The highest BCUT2D eigenvalue weighted by atomic mass is 16.3. The summed E-state index contributed by atoms with van der Waals surface area (Å²) >= 11 is 0. The first-order valence-electron chi connectivity index (χ1n) is 6.28. The van der Waals surface area contributed by atoms with Crippen LogP contribution in [0, 0.1) is 0 Å². The highest BCUT2D eigenvalue weighted by Crippen LogP contribution is 2.16. The fourth-order valence-corrected chi connectivity index (χ4v) is 1.70. The third-order valence-corrected chi connectivity index (χ3v) is 2.67. The van der Waals surface area contributed by atoms with Gasteiger partial charge in [-0.1, -0.05) is 12.1 Å². The zero-order valence-corrected chi connectivity index (χ0v) is 11.4. The van der Waals surface area contributed by atoms with Gasteiger partial charge in [0.1, 0.15) is 5.75 Å². The lowest BCUT2D eigenvalue weighted by Gasteiger charge is -2.10. The van der Waals surface area contributed by atoms with Gasteiger partial charge in [-0.3, -0.25) is 20.4 Å². The first-order valence-corrected chi connectivity index (χ1v) is 6.28. The minimum absolute atomic E-state index is 0.0854. The van der Waals surface area contributed by atoms with Gasteiger partial charge >= 0.3 is 0 Å². The summed E-state index contributed by atoms with van der Waals surface area (Å²) in [6.07, 6.45) is 0. The molecular formula is C15H15N3O3. The molecule has 21 heavy (non-hydrogen) atoms. The molecule has 0 aliphatic heterocycles. The highest BCUT2D eigenvalue weighted by molar-refractivity contribution is 5.97. The van der Waals surface area contributed by atoms with E-state index in [2.05, 4.69) is 16.2 Å². The molecule has 0 aromatic heterocycles. The van der Waals surface area contributed by atoms with Crippen LogP contribution in [0.3, 0.4) is 0 Å². The first-order chi connectivity index (χ1) is 10.1. The van der Waals surface area contributed by atoms with E-state index in [1.807, 2.05) is 0 Å². The molecule has 2 aromatic rings. The minimum Gasteiger partial charge on any atom is -0.507 e. The second-order valence-electron chi connectivity index (χ2n) is 4.35. The van der Waals surface area contributed by atoms with Crippen molar-refractivity contribution in [3.8, 4) is 5.75 Å². The van der Waals surface area contributed by atoms with Gasteiger partial charge in [-0.15, -0.1) is 0 Å². The van der Waals surface area contributed by atoms with E-state index >= 15 is 0 Å². The minimum atomic E-state index is -0.445. The van der Waals surface area contributed by atoms with Crippen LogP contribution in [0.1, 0.15) is 17.3 Å². The molecule has 0 spiro atoms. The van der Waals surface area contributed by atoms with Crippen LogP contribution in [-0.4, -0.2) is 16.9 Å². The van der Waals surface area contributed by atoms with Crippen molar-refractivity contribution in [2.75, 3.05) is 10.7 Å². The number of anilines is 2. The number of phenols is 1. The zero-order chi connectivity index (χ0) is 15.2. The van der Waals surface area contributed by atoms with Crippen molar-refractivity contribution in [2.24, 2.45) is 0 Å². The maximum atomic E-state index is 11.9. The Labute approximate surface area is 121 Å². The zero-order valence-electron chi connectivity index (χ0n) is 11.4. The maximum absolute atomic E-state index is 11.9. The standard InChI is InChI=1S/C15H15N3O3/c1-10(19)16-11-6-8-12(9-7-11)17-18-15(21)13-4-2-3-5-14(13)20/h2-9,17,20H,1H3,(H,16,19)(H,18,21). The number of phenolic OH excluding ortho intramolecular Hbond substituents is 1. The molecule has 6 nitrogen and oxygen atoms in total. The molecule has 2 amide bonds. The number of benzene rings is 2. The summed E-state index contributed by atoms with van der Waals surface area (Å²) in [5.74, 6) is -0.680. The van der Waals surface area contributed by atoms with Gasteiger partial charge < -0.3 is 10.4 Å². The Morgan fingerprint density at radius 2 is 1.57 bits per heavy atom. The number of nitrogens with one attached hydrogen (secondary N) is 3. The number of aromatic hydroxyl groups is 1. The molecule has 0 unspecified atom stereocenters. The van der Waals surface area contributed by atoms with E-state index in [0.29, 0.717) is 11.4 Å². The number of carbonyl (C=O) groups is 2.